The Bertz CT molecular complexity index is 1050. The number of benzene rings is 1. The molecular formula is C18H18BrClN8. The highest BCUT2D eigenvalue weighted by atomic mass is 79.9. The van der Waals surface area contributed by atoms with E-state index in [1.807, 2.05) is 41.1 Å². The molecule has 28 heavy (non-hydrogen) atoms. The Labute approximate surface area is 175 Å². The predicted octanol–water partition coefficient (Wildman–Crippen LogP) is 4.06. The van der Waals surface area contributed by atoms with E-state index in [-0.39, 0.29) is 0 Å². The van der Waals surface area contributed by atoms with Crippen LogP contribution < -0.4 is 0 Å². The number of H-pyrrole nitrogens is 1. The van der Waals surface area contributed by atoms with E-state index >= 15 is 0 Å². The van der Waals surface area contributed by atoms with E-state index in [1.165, 1.54) is 0 Å². The molecule has 0 amide bonds. The minimum Gasteiger partial charge on any atom is -0.313 e. The van der Waals surface area contributed by atoms with Gasteiger partial charge in [0.05, 0.1) is 6.54 Å². The minimum absolute atomic E-state index is 0.420. The summed E-state index contributed by atoms with van der Waals surface area (Å²) in [5, 5.41) is 19.2. The van der Waals surface area contributed by atoms with Crippen LogP contribution in [0.15, 0.2) is 41.0 Å². The smallest absolute Gasteiger partial charge is 0.222 e. The van der Waals surface area contributed by atoms with Crippen molar-refractivity contribution in [2.75, 3.05) is 0 Å². The SMILES string of the molecule is CCCCc1nc(Cl)n(Cc2ccc(-n3ccc(Br)c3-c3nn[nH]n3)cc2)n1. The Hall–Kier alpha value is -2.52. The van der Waals surface area contributed by atoms with E-state index < -0.39 is 0 Å². The lowest BCUT2D eigenvalue weighted by atomic mass is 10.2. The van der Waals surface area contributed by atoms with Crippen molar-refractivity contribution in [3.05, 3.63) is 57.7 Å². The fraction of sp³-hybridized carbons (Fsp3) is 0.278. The van der Waals surface area contributed by atoms with Gasteiger partial charge in [0.15, 0.2) is 5.82 Å². The van der Waals surface area contributed by atoms with E-state index in [0.717, 1.165) is 46.5 Å². The minimum atomic E-state index is 0.420. The maximum absolute atomic E-state index is 6.24. The highest BCUT2D eigenvalue weighted by Crippen LogP contribution is 2.29. The van der Waals surface area contributed by atoms with Crippen molar-refractivity contribution in [3.63, 3.8) is 0 Å². The van der Waals surface area contributed by atoms with Gasteiger partial charge in [0.25, 0.3) is 0 Å². The molecule has 0 atom stereocenters. The first-order valence-corrected chi connectivity index (χ1v) is 10.1. The van der Waals surface area contributed by atoms with Crippen molar-refractivity contribution in [3.8, 4) is 17.2 Å². The number of nitrogens with zero attached hydrogens (tertiary/aromatic N) is 7. The number of hydrogen-bond acceptors (Lipinski definition) is 5. The molecule has 3 heterocycles. The molecule has 0 spiro atoms. The Balaban J connectivity index is 1.55. The molecule has 0 saturated heterocycles. The van der Waals surface area contributed by atoms with Gasteiger partial charge in [0.1, 0.15) is 5.69 Å². The number of aromatic amines is 1. The quantitative estimate of drug-likeness (QED) is 0.448. The Morgan fingerprint density at radius 1 is 1.18 bits per heavy atom. The topological polar surface area (TPSA) is 90.1 Å². The molecule has 8 nitrogen and oxygen atoms in total. The standard InChI is InChI=1S/C18H18BrClN8/c1-2-3-4-15-21-18(20)28(24-15)11-12-5-7-13(8-6-12)27-10-9-14(19)16(27)17-22-25-26-23-17/h5-10H,2-4,11H2,1H3,(H,22,23,25,26). The second kappa shape index (κ2) is 8.24. The number of unbranched alkanes of at least 4 members (excludes halogenated alkanes) is 1. The summed E-state index contributed by atoms with van der Waals surface area (Å²) in [6.07, 6.45) is 4.97. The van der Waals surface area contributed by atoms with Crippen molar-refractivity contribution >= 4 is 27.5 Å². The number of aryl methyl sites for hydroxylation is 1. The number of tetrazole rings is 1. The van der Waals surface area contributed by atoms with Gasteiger partial charge in [0, 0.05) is 22.8 Å². The van der Waals surface area contributed by atoms with Crippen LogP contribution in [0.3, 0.4) is 0 Å². The molecule has 1 N–H and O–H groups in total. The summed E-state index contributed by atoms with van der Waals surface area (Å²) in [4.78, 5) is 4.34. The summed E-state index contributed by atoms with van der Waals surface area (Å²) in [5.41, 5.74) is 2.91. The van der Waals surface area contributed by atoms with E-state index in [9.17, 15) is 0 Å². The molecular weight excluding hydrogens is 444 g/mol. The first-order chi connectivity index (χ1) is 13.7. The zero-order chi connectivity index (χ0) is 19.5. The van der Waals surface area contributed by atoms with Crippen LogP contribution in [0.25, 0.3) is 17.2 Å². The van der Waals surface area contributed by atoms with E-state index in [4.69, 9.17) is 11.6 Å². The van der Waals surface area contributed by atoms with Crippen molar-refractivity contribution in [2.24, 2.45) is 0 Å². The summed E-state index contributed by atoms with van der Waals surface area (Å²) >= 11 is 9.79. The Kier molecular flexibility index (Phi) is 5.54. The number of hydrogen-bond donors (Lipinski definition) is 1. The molecule has 0 radical (unpaired) electrons. The van der Waals surface area contributed by atoms with Gasteiger partial charge in [-0.15, -0.1) is 10.2 Å². The van der Waals surface area contributed by atoms with E-state index in [2.05, 4.69) is 53.6 Å². The van der Waals surface area contributed by atoms with Crippen molar-refractivity contribution < 1.29 is 0 Å². The second-order valence-corrected chi connectivity index (χ2v) is 7.53. The van der Waals surface area contributed by atoms with Crippen LogP contribution in [0, 0.1) is 0 Å². The maximum atomic E-state index is 6.24. The molecule has 0 unspecified atom stereocenters. The molecule has 1 aromatic carbocycles. The van der Waals surface area contributed by atoms with Gasteiger partial charge in [-0.25, -0.2) is 9.67 Å². The zero-order valence-corrected chi connectivity index (χ0v) is 17.5. The van der Waals surface area contributed by atoms with Crippen LogP contribution in [0.2, 0.25) is 5.28 Å². The van der Waals surface area contributed by atoms with E-state index in [1.54, 1.807) is 4.68 Å². The lowest BCUT2D eigenvalue weighted by molar-refractivity contribution is 0.661. The molecule has 10 heteroatoms. The van der Waals surface area contributed by atoms with Crippen molar-refractivity contribution in [2.45, 2.75) is 32.7 Å². The van der Waals surface area contributed by atoms with Gasteiger partial charge >= 0.3 is 0 Å². The van der Waals surface area contributed by atoms with Gasteiger partial charge in [-0.3, -0.25) is 0 Å². The number of nitrogens with one attached hydrogen (secondary N) is 1. The zero-order valence-electron chi connectivity index (χ0n) is 15.2. The van der Waals surface area contributed by atoms with Crippen molar-refractivity contribution in [1.29, 1.82) is 0 Å². The predicted molar refractivity (Wildman–Crippen MR) is 109 cm³/mol. The fourth-order valence-electron chi connectivity index (χ4n) is 2.94. The molecule has 0 fully saturated rings. The summed E-state index contributed by atoms with van der Waals surface area (Å²) in [6.45, 7) is 2.72. The van der Waals surface area contributed by atoms with Crippen LogP contribution in [0.1, 0.15) is 31.2 Å². The average molecular weight is 462 g/mol. The van der Waals surface area contributed by atoms with Gasteiger partial charge in [0.2, 0.25) is 11.1 Å². The molecule has 3 aromatic heterocycles. The van der Waals surface area contributed by atoms with E-state index in [0.29, 0.717) is 17.7 Å². The molecule has 4 aromatic rings. The highest BCUT2D eigenvalue weighted by Gasteiger charge is 2.15. The number of aromatic nitrogens is 8. The summed E-state index contributed by atoms with van der Waals surface area (Å²) < 4.78 is 4.63. The van der Waals surface area contributed by atoms with Crippen LogP contribution in [-0.2, 0) is 13.0 Å². The maximum Gasteiger partial charge on any atom is 0.222 e. The Morgan fingerprint density at radius 3 is 2.71 bits per heavy atom. The highest BCUT2D eigenvalue weighted by molar-refractivity contribution is 9.10. The molecule has 0 aliphatic heterocycles. The monoisotopic (exact) mass is 460 g/mol. The first kappa shape index (κ1) is 18.8. The Morgan fingerprint density at radius 2 is 2.00 bits per heavy atom. The average Bonchev–Trinajstić information content (AvgIpc) is 3.42. The van der Waals surface area contributed by atoms with Gasteiger partial charge in [-0.2, -0.15) is 10.3 Å². The molecule has 4 rings (SSSR count). The van der Waals surface area contributed by atoms with Crippen molar-refractivity contribution in [1.82, 2.24) is 40.0 Å². The summed E-state index contributed by atoms with van der Waals surface area (Å²) in [5.74, 6) is 1.32. The van der Waals surface area contributed by atoms with Gasteiger partial charge < -0.3 is 4.57 Å². The third kappa shape index (κ3) is 3.85. The first-order valence-electron chi connectivity index (χ1n) is 8.95. The van der Waals surface area contributed by atoms with Gasteiger partial charge in [-0.05, 0) is 62.9 Å². The lowest BCUT2D eigenvalue weighted by Gasteiger charge is -2.09. The largest absolute Gasteiger partial charge is 0.313 e. The molecule has 144 valence electrons. The fourth-order valence-corrected chi connectivity index (χ4v) is 3.63. The third-order valence-corrected chi connectivity index (χ3v) is 5.28. The third-order valence-electron chi connectivity index (χ3n) is 4.37. The van der Waals surface area contributed by atoms with Gasteiger partial charge in [-0.1, -0.05) is 25.5 Å². The normalized spacial score (nSPS) is 11.2. The molecule has 0 bridgehead atoms. The summed E-state index contributed by atoms with van der Waals surface area (Å²) in [6, 6.07) is 10.1. The molecule has 0 aliphatic carbocycles. The summed E-state index contributed by atoms with van der Waals surface area (Å²) in [7, 11) is 0. The number of rotatable bonds is 7. The lowest BCUT2D eigenvalue weighted by Crippen LogP contribution is -2.03. The second-order valence-electron chi connectivity index (χ2n) is 6.34. The van der Waals surface area contributed by atoms with Crippen LogP contribution in [-0.4, -0.2) is 40.0 Å². The van der Waals surface area contributed by atoms with Crippen LogP contribution >= 0.6 is 27.5 Å². The number of halogens is 2. The van der Waals surface area contributed by atoms with Crippen LogP contribution in [0.5, 0.6) is 0 Å². The molecule has 0 saturated carbocycles. The molecule has 0 aliphatic rings. The van der Waals surface area contributed by atoms with Crippen LogP contribution in [0.4, 0.5) is 0 Å².